The van der Waals surface area contributed by atoms with Gasteiger partial charge in [0.25, 0.3) is 11.8 Å². The van der Waals surface area contributed by atoms with E-state index >= 15 is 0 Å². The van der Waals surface area contributed by atoms with Crippen LogP contribution < -0.4 is 10.6 Å². The summed E-state index contributed by atoms with van der Waals surface area (Å²) in [4.78, 5) is 46.4. The molecule has 3 N–H and O–H groups in total. The highest BCUT2D eigenvalue weighted by atomic mass is 16.4. The van der Waals surface area contributed by atoms with Crippen LogP contribution in [-0.2, 0) is 9.59 Å². The highest BCUT2D eigenvalue weighted by molar-refractivity contribution is 6.31. The number of carboxylic acid groups (broad SMARTS) is 1. The van der Waals surface area contributed by atoms with Crippen molar-refractivity contribution in [3.8, 4) is 5.69 Å². The Morgan fingerprint density at radius 1 is 1.08 bits per heavy atom. The Bertz CT molecular complexity index is 978. The standard InChI is InChI=1S/C18H15N3O5/c1-9-7-11(8-13-15(22)19-18(26)20-16(13)23)10(2)21(9)14-6-4-3-5-12(14)17(24)25/h3-8H,1-2H3,(H,24,25)(H2,19,20,22,23,26). The minimum Gasteiger partial charge on any atom is -0.478 e. The molecule has 8 nitrogen and oxygen atoms in total. The first-order chi connectivity index (χ1) is 12.3. The van der Waals surface area contributed by atoms with Crippen LogP contribution in [0.2, 0.25) is 0 Å². The summed E-state index contributed by atoms with van der Waals surface area (Å²) in [5.41, 5.74) is 2.37. The Balaban J connectivity index is 2.12. The molecule has 1 aromatic carbocycles. The molecular formula is C18H15N3O5. The molecule has 1 aliphatic rings. The lowest BCUT2D eigenvalue weighted by atomic mass is 10.1. The lowest BCUT2D eigenvalue weighted by Gasteiger charge is -2.14. The minimum atomic E-state index is -1.06. The molecule has 4 amide bonds. The van der Waals surface area contributed by atoms with Gasteiger partial charge in [-0.3, -0.25) is 20.2 Å². The number of rotatable bonds is 3. The predicted octanol–water partition coefficient (Wildman–Crippen LogP) is 1.54. The average Bonchev–Trinajstić information content (AvgIpc) is 2.84. The van der Waals surface area contributed by atoms with Crippen LogP contribution in [0.4, 0.5) is 4.79 Å². The van der Waals surface area contributed by atoms with E-state index in [-0.39, 0.29) is 11.1 Å². The zero-order valence-corrected chi connectivity index (χ0v) is 14.0. The van der Waals surface area contributed by atoms with Crippen molar-refractivity contribution in [2.24, 2.45) is 0 Å². The molecule has 0 saturated carbocycles. The van der Waals surface area contributed by atoms with Crippen molar-refractivity contribution in [2.75, 3.05) is 0 Å². The number of urea groups is 1. The van der Waals surface area contributed by atoms with Gasteiger partial charge in [-0.25, -0.2) is 9.59 Å². The lowest BCUT2D eigenvalue weighted by molar-refractivity contribution is -0.123. The Morgan fingerprint density at radius 2 is 1.69 bits per heavy atom. The highest BCUT2D eigenvalue weighted by Crippen LogP contribution is 2.25. The van der Waals surface area contributed by atoms with E-state index in [1.807, 2.05) is 10.6 Å². The van der Waals surface area contributed by atoms with Gasteiger partial charge in [0, 0.05) is 11.4 Å². The van der Waals surface area contributed by atoms with Crippen molar-refractivity contribution in [3.63, 3.8) is 0 Å². The maximum atomic E-state index is 11.9. The predicted molar refractivity (Wildman–Crippen MR) is 91.9 cm³/mol. The van der Waals surface area contributed by atoms with Gasteiger partial charge in [-0.2, -0.15) is 0 Å². The fraction of sp³-hybridized carbons (Fsp3) is 0.111. The topological polar surface area (TPSA) is 118 Å². The minimum absolute atomic E-state index is 0.132. The fourth-order valence-electron chi connectivity index (χ4n) is 2.92. The number of carboxylic acids is 1. The number of aryl methyl sites for hydroxylation is 1. The van der Waals surface area contributed by atoms with Crippen LogP contribution in [0.3, 0.4) is 0 Å². The van der Waals surface area contributed by atoms with Crippen LogP contribution in [0.1, 0.15) is 27.3 Å². The molecule has 0 atom stereocenters. The van der Waals surface area contributed by atoms with Crippen LogP contribution in [0.15, 0.2) is 35.9 Å². The monoisotopic (exact) mass is 353 g/mol. The van der Waals surface area contributed by atoms with Gasteiger partial charge in [0.1, 0.15) is 5.57 Å². The van der Waals surface area contributed by atoms with Gasteiger partial charge in [0.2, 0.25) is 0 Å². The summed E-state index contributed by atoms with van der Waals surface area (Å²) in [5.74, 6) is -2.62. The van der Waals surface area contributed by atoms with Gasteiger partial charge >= 0.3 is 12.0 Å². The van der Waals surface area contributed by atoms with E-state index in [1.54, 1.807) is 42.7 Å². The number of hydrogen-bond acceptors (Lipinski definition) is 4. The Kier molecular flexibility index (Phi) is 4.17. The summed E-state index contributed by atoms with van der Waals surface area (Å²) in [5, 5.41) is 13.4. The van der Waals surface area contributed by atoms with E-state index in [0.717, 1.165) is 5.69 Å². The number of carbonyl (C=O) groups is 4. The first kappa shape index (κ1) is 17.2. The third kappa shape index (κ3) is 2.88. The molecule has 0 unspecified atom stereocenters. The number of carbonyl (C=O) groups excluding carboxylic acids is 3. The number of benzene rings is 1. The summed E-state index contributed by atoms with van der Waals surface area (Å²) >= 11 is 0. The second-order valence-corrected chi connectivity index (χ2v) is 5.78. The van der Waals surface area contributed by atoms with Gasteiger partial charge < -0.3 is 9.67 Å². The molecule has 26 heavy (non-hydrogen) atoms. The van der Waals surface area contributed by atoms with Crippen LogP contribution in [-0.4, -0.2) is 33.5 Å². The van der Waals surface area contributed by atoms with Crippen molar-refractivity contribution in [1.29, 1.82) is 0 Å². The Labute approximate surface area is 148 Å². The SMILES string of the molecule is Cc1cc(C=C2C(=O)NC(=O)NC2=O)c(C)n1-c1ccccc1C(=O)O. The number of imide groups is 2. The normalized spacial score (nSPS) is 14.1. The number of aromatic carboxylic acids is 1. The quantitative estimate of drug-likeness (QED) is 0.571. The molecule has 1 saturated heterocycles. The molecule has 1 aliphatic heterocycles. The first-order valence-corrected chi connectivity index (χ1v) is 7.69. The Morgan fingerprint density at radius 3 is 2.31 bits per heavy atom. The number of nitrogens with one attached hydrogen (secondary N) is 2. The van der Waals surface area contributed by atoms with Crippen molar-refractivity contribution in [2.45, 2.75) is 13.8 Å². The van der Waals surface area contributed by atoms with Crippen LogP contribution in [0, 0.1) is 13.8 Å². The molecule has 0 spiro atoms. The number of aromatic nitrogens is 1. The number of para-hydroxylation sites is 1. The van der Waals surface area contributed by atoms with Gasteiger partial charge in [-0.1, -0.05) is 12.1 Å². The summed E-state index contributed by atoms with van der Waals surface area (Å²) in [7, 11) is 0. The number of hydrogen-bond donors (Lipinski definition) is 3. The number of nitrogens with zero attached hydrogens (tertiary/aromatic N) is 1. The van der Waals surface area contributed by atoms with Gasteiger partial charge in [0.05, 0.1) is 11.3 Å². The molecule has 8 heteroatoms. The average molecular weight is 353 g/mol. The third-order valence-corrected chi connectivity index (χ3v) is 4.09. The summed E-state index contributed by atoms with van der Waals surface area (Å²) in [6.45, 7) is 3.54. The van der Waals surface area contributed by atoms with E-state index in [0.29, 0.717) is 16.9 Å². The van der Waals surface area contributed by atoms with Crippen molar-refractivity contribution in [1.82, 2.24) is 15.2 Å². The molecule has 0 radical (unpaired) electrons. The van der Waals surface area contributed by atoms with E-state index in [9.17, 15) is 24.3 Å². The molecule has 0 bridgehead atoms. The van der Waals surface area contributed by atoms with Crippen molar-refractivity contribution < 1.29 is 24.3 Å². The van der Waals surface area contributed by atoms with E-state index in [1.165, 1.54) is 12.1 Å². The van der Waals surface area contributed by atoms with Crippen LogP contribution in [0.5, 0.6) is 0 Å². The number of barbiturate groups is 1. The summed E-state index contributed by atoms with van der Waals surface area (Å²) in [6.07, 6.45) is 1.37. The largest absolute Gasteiger partial charge is 0.478 e. The second-order valence-electron chi connectivity index (χ2n) is 5.78. The van der Waals surface area contributed by atoms with Crippen molar-refractivity contribution >= 4 is 29.9 Å². The third-order valence-electron chi connectivity index (χ3n) is 4.09. The maximum Gasteiger partial charge on any atom is 0.337 e. The molecule has 2 aromatic rings. The van der Waals surface area contributed by atoms with Gasteiger partial charge in [-0.05, 0) is 43.7 Å². The molecule has 2 heterocycles. The number of amides is 4. The lowest BCUT2D eigenvalue weighted by Crippen LogP contribution is -2.51. The van der Waals surface area contributed by atoms with E-state index in [4.69, 9.17) is 0 Å². The van der Waals surface area contributed by atoms with Crippen LogP contribution in [0.25, 0.3) is 11.8 Å². The molecule has 132 valence electrons. The zero-order valence-electron chi connectivity index (χ0n) is 14.0. The molecule has 3 rings (SSSR count). The van der Waals surface area contributed by atoms with Crippen LogP contribution >= 0.6 is 0 Å². The second kappa shape index (κ2) is 6.32. The molecule has 0 aliphatic carbocycles. The van der Waals surface area contributed by atoms with Crippen molar-refractivity contribution in [3.05, 3.63) is 58.4 Å². The van der Waals surface area contributed by atoms with E-state index < -0.39 is 23.8 Å². The summed E-state index contributed by atoms with van der Waals surface area (Å²) < 4.78 is 1.74. The van der Waals surface area contributed by atoms with Gasteiger partial charge in [-0.15, -0.1) is 0 Å². The molecule has 1 fully saturated rings. The summed E-state index contributed by atoms with van der Waals surface area (Å²) in [6, 6.07) is 7.42. The first-order valence-electron chi connectivity index (χ1n) is 7.69. The van der Waals surface area contributed by atoms with Gasteiger partial charge in [0.15, 0.2) is 0 Å². The molecule has 1 aromatic heterocycles. The fourth-order valence-corrected chi connectivity index (χ4v) is 2.92. The zero-order chi connectivity index (χ0) is 19.0. The highest BCUT2D eigenvalue weighted by Gasteiger charge is 2.28. The molecular weight excluding hydrogens is 338 g/mol. The Hall–Kier alpha value is -3.68. The van der Waals surface area contributed by atoms with E-state index in [2.05, 4.69) is 0 Å². The smallest absolute Gasteiger partial charge is 0.337 e. The maximum absolute atomic E-state index is 11.9.